The molecule has 1 aliphatic heterocycles. The van der Waals surface area contributed by atoms with Crippen molar-refractivity contribution in [3.63, 3.8) is 0 Å². The van der Waals surface area contributed by atoms with E-state index in [2.05, 4.69) is 32.9 Å². The van der Waals surface area contributed by atoms with Crippen molar-refractivity contribution in [1.82, 2.24) is 4.98 Å². The Labute approximate surface area is 207 Å². The van der Waals surface area contributed by atoms with Crippen LogP contribution in [0.1, 0.15) is 62.9 Å². The maximum Gasteiger partial charge on any atom is 0.513 e. The molecule has 0 N–H and O–H groups in total. The van der Waals surface area contributed by atoms with Gasteiger partial charge in [-0.3, -0.25) is 4.98 Å². The first-order chi connectivity index (χ1) is 16.7. The number of hydrogen-bond donors (Lipinski definition) is 0. The molecule has 35 heavy (non-hydrogen) atoms. The van der Waals surface area contributed by atoms with Crippen LogP contribution in [0.5, 0.6) is 17.2 Å². The first-order valence-electron chi connectivity index (χ1n) is 12.3. The molecule has 2 aromatic carbocycles. The number of ether oxygens (including phenoxy) is 4. The van der Waals surface area contributed by atoms with E-state index in [-0.39, 0.29) is 18.1 Å². The second-order valence-corrected chi connectivity index (χ2v) is 10.1. The highest BCUT2D eigenvalue weighted by Crippen LogP contribution is 2.39. The summed E-state index contributed by atoms with van der Waals surface area (Å²) in [5, 5.41) is 0.748. The van der Waals surface area contributed by atoms with Gasteiger partial charge in [-0.15, -0.1) is 0 Å². The van der Waals surface area contributed by atoms with Gasteiger partial charge in [0.2, 0.25) is 0 Å². The molecule has 1 unspecified atom stereocenters. The summed E-state index contributed by atoms with van der Waals surface area (Å²) >= 11 is 0. The van der Waals surface area contributed by atoms with E-state index in [0.29, 0.717) is 18.1 Å². The first kappa shape index (κ1) is 25.0. The van der Waals surface area contributed by atoms with E-state index in [0.717, 1.165) is 52.7 Å². The van der Waals surface area contributed by atoms with Crippen molar-refractivity contribution in [2.45, 2.75) is 72.3 Å². The van der Waals surface area contributed by atoms with Crippen LogP contribution in [0.3, 0.4) is 0 Å². The standard InChI is InChI=1S/C29H35NO5/c1-7-23-18(2)27(35-28(31)33-17-22-9-8-16-32-22)26-19(3)25(15-14-24(26)30-23)34-21-12-10-20(11-13-21)29(4,5)6/h10-15,22H,7-9,16-17H2,1-6H3. The average Bonchev–Trinajstić information content (AvgIpc) is 3.34. The molecule has 2 heterocycles. The third kappa shape index (κ3) is 5.59. The molecule has 186 valence electrons. The molecule has 0 radical (unpaired) electrons. The molecule has 6 heteroatoms. The lowest BCUT2D eigenvalue weighted by Crippen LogP contribution is -2.20. The maximum atomic E-state index is 12.6. The number of hydrogen-bond acceptors (Lipinski definition) is 6. The third-order valence-electron chi connectivity index (χ3n) is 6.53. The van der Waals surface area contributed by atoms with Crippen molar-refractivity contribution < 1.29 is 23.7 Å². The summed E-state index contributed by atoms with van der Waals surface area (Å²) in [6, 6.07) is 12.0. The summed E-state index contributed by atoms with van der Waals surface area (Å²) in [6.45, 7) is 13.4. The smallest absolute Gasteiger partial charge is 0.457 e. The monoisotopic (exact) mass is 477 g/mol. The van der Waals surface area contributed by atoms with E-state index < -0.39 is 6.16 Å². The molecular formula is C29H35NO5. The van der Waals surface area contributed by atoms with Crippen molar-refractivity contribution in [3.8, 4) is 17.2 Å². The molecule has 1 aliphatic rings. The van der Waals surface area contributed by atoms with Gasteiger partial charge in [-0.1, -0.05) is 39.8 Å². The third-order valence-corrected chi connectivity index (χ3v) is 6.53. The summed E-state index contributed by atoms with van der Waals surface area (Å²) in [6.07, 6.45) is 1.80. The fourth-order valence-corrected chi connectivity index (χ4v) is 4.39. The first-order valence-corrected chi connectivity index (χ1v) is 12.3. The molecule has 3 aromatic rings. The van der Waals surface area contributed by atoms with Crippen LogP contribution in [0.2, 0.25) is 0 Å². The number of carbonyl (C=O) groups excluding carboxylic acids is 1. The minimum atomic E-state index is -0.735. The number of fused-ring (bicyclic) bond motifs is 1. The molecule has 6 nitrogen and oxygen atoms in total. The van der Waals surface area contributed by atoms with E-state index in [1.165, 1.54) is 5.56 Å². The van der Waals surface area contributed by atoms with E-state index >= 15 is 0 Å². The number of carbonyl (C=O) groups is 1. The van der Waals surface area contributed by atoms with Gasteiger partial charge in [0, 0.05) is 23.4 Å². The molecule has 1 fully saturated rings. The summed E-state index contributed by atoms with van der Waals surface area (Å²) in [5.74, 6) is 1.90. The van der Waals surface area contributed by atoms with E-state index in [1.54, 1.807) is 0 Å². The number of aromatic nitrogens is 1. The van der Waals surface area contributed by atoms with Crippen molar-refractivity contribution in [1.29, 1.82) is 0 Å². The zero-order valence-electron chi connectivity index (χ0n) is 21.6. The van der Waals surface area contributed by atoms with Gasteiger partial charge in [0.05, 0.1) is 17.0 Å². The lowest BCUT2D eigenvalue weighted by Gasteiger charge is -2.20. The Balaban J connectivity index is 1.65. The normalized spacial score (nSPS) is 15.9. The van der Waals surface area contributed by atoms with Crippen molar-refractivity contribution in [2.75, 3.05) is 13.2 Å². The number of rotatable bonds is 6. The molecule has 1 atom stereocenters. The van der Waals surface area contributed by atoms with Crippen LogP contribution >= 0.6 is 0 Å². The summed E-state index contributed by atoms with van der Waals surface area (Å²) in [4.78, 5) is 17.4. The number of nitrogens with zero attached hydrogens (tertiary/aromatic N) is 1. The predicted octanol–water partition coefficient (Wildman–Crippen LogP) is 7.20. The molecule has 0 aliphatic carbocycles. The molecule has 1 aromatic heterocycles. The fraction of sp³-hybridized carbons (Fsp3) is 0.448. The molecule has 4 rings (SSSR count). The fourth-order valence-electron chi connectivity index (χ4n) is 4.39. The Hall–Kier alpha value is -3.12. The summed E-state index contributed by atoms with van der Waals surface area (Å²) in [7, 11) is 0. The highest BCUT2D eigenvalue weighted by molar-refractivity contribution is 5.93. The van der Waals surface area contributed by atoms with E-state index in [1.807, 2.05) is 45.0 Å². The van der Waals surface area contributed by atoms with Gasteiger partial charge < -0.3 is 18.9 Å². The molecule has 1 saturated heterocycles. The zero-order valence-corrected chi connectivity index (χ0v) is 21.6. The molecule has 0 amide bonds. The Kier molecular flexibility index (Phi) is 7.31. The Morgan fingerprint density at radius 3 is 2.46 bits per heavy atom. The van der Waals surface area contributed by atoms with Gasteiger partial charge in [0.25, 0.3) is 0 Å². The average molecular weight is 478 g/mol. The van der Waals surface area contributed by atoms with Crippen LogP contribution < -0.4 is 9.47 Å². The summed E-state index contributed by atoms with van der Waals surface area (Å²) < 4.78 is 22.9. The van der Waals surface area contributed by atoms with Crippen LogP contribution in [0, 0.1) is 13.8 Å². The Morgan fingerprint density at radius 1 is 1.09 bits per heavy atom. The molecule has 0 spiro atoms. The predicted molar refractivity (Wildman–Crippen MR) is 137 cm³/mol. The van der Waals surface area contributed by atoms with Gasteiger partial charge >= 0.3 is 6.16 Å². The van der Waals surface area contributed by atoms with Crippen LogP contribution in [0.25, 0.3) is 10.9 Å². The highest BCUT2D eigenvalue weighted by Gasteiger charge is 2.22. The minimum absolute atomic E-state index is 0.0598. The van der Waals surface area contributed by atoms with E-state index in [4.69, 9.17) is 23.9 Å². The van der Waals surface area contributed by atoms with Crippen molar-refractivity contribution in [2.24, 2.45) is 0 Å². The van der Waals surface area contributed by atoms with Crippen LogP contribution in [0.4, 0.5) is 4.79 Å². The number of pyridine rings is 1. The highest BCUT2D eigenvalue weighted by atomic mass is 16.7. The van der Waals surface area contributed by atoms with Crippen molar-refractivity contribution in [3.05, 3.63) is 58.8 Å². The summed E-state index contributed by atoms with van der Waals surface area (Å²) in [5.41, 5.74) is 4.62. The van der Waals surface area contributed by atoms with Crippen molar-refractivity contribution >= 4 is 17.1 Å². The topological polar surface area (TPSA) is 66.9 Å². The van der Waals surface area contributed by atoms with Gasteiger partial charge in [0.1, 0.15) is 23.9 Å². The second-order valence-electron chi connectivity index (χ2n) is 10.1. The Morgan fingerprint density at radius 2 is 1.83 bits per heavy atom. The van der Waals surface area contributed by atoms with Crippen LogP contribution in [-0.4, -0.2) is 30.5 Å². The van der Waals surface area contributed by atoms with E-state index in [9.17, 15) is 4.79 Å². The largest absolute Gasteiger partial charge is 0.513 e. The SMILES string of the molecule is CCc1nc2ccc(Oc3ccc(C(C)(C)C)cc3)c(C)c2c(OC(=O)OCC2CCCO2)c1C. The number of aryl methyl sites for hydroxylation is 2. The zero-order chi connectivity index (χ0) is 25.2. The lowest BCUT2D eigenvalue weighted by atomic mass is 9.87. The van der Waals surface area contributed by atoms with Crippen LogP contribution in [-0.2, 0) is 21.3 Å². The quantitative estimate of drug-likeness (QED) is 0.350. The minimum Gasteiger partial charge on any atom is -0.457 e. The molecular weight excluding hydrogens is 442 g/mol. The van der Waals surface area contributed by atoms with Gasteiger partial charge in [-0.25, -0.2) is 4.79 Å². The molecule has 0 bridgehead atoms. The second kappa shape index (κ2) is 10.2. The maximum absolute atomic E-state index is 12.6. The van der Waals surface area contributed by atoms with Crippen LogP contribution in [0.15, 0.2) is 36.4 Å². The van der Waals surface area contributed by atoms with Gasteiger partial charge in [-0.05, 0) is 68.4 Å². The molecule has 0 saturated carbocycles. The Bertz CT molecular complexity index is 1200. The van der Waals surface area contributed by atoms with Gasteiger partial charge in [-0.2, -0.15) is 0 Å². The lowest BCUT2D eigenvalue weighted by molar-refractivity contribution is 0.0274. The number of benzene rings is 2. The van der Waals surface area contributed by atoms with Gasteiger partial charge in [0.15, 0.2) is 0 Å².